The molecule has 1 aromatic carbocycles. The first-order valence-corrected chi connectivity index (χ1v) is 8.11. The van der Waals surface area contributed by atoms with Gasteiger partial charge in [-0.3, -0.25) is 14.4 Å². The molecule has 104 valence electrons. The number of carbonyl (C=O) groups is 3. The maximum Gasteiger partial charge on any atom is 0.180 e. The zero-order chi connectivity index (χ0) is 14.7. The molecule has 2 aliphatic carbocycles. The van der Waals surface area contributed by atoms with Crippen molar-refractivity contribution < 1.29 is 22.8 Å². The van der Waals surface area contributed by atoms with Crippen LogP contribution in [0, 0.1) is 17.8 Å². The van der Waals surface area contributed by atoms with Crippen molar-refractivity contribution in [2.75, 3.05) is 6.26 Å². The molecule has 1 aromatic rings. The van der Waals surface area contributed by atoms with Gasteiger partial charge in [-0.2, -0.15) is 0 Å². The predicted molar refractivity (Wildman–Crippen MR) is 69.0 cm³/mol. The van der Waals surface area contributed by atoms with Gasteiger partial charge in [-0.1, -0.05) is 12.1 Å². The number of ketones is 3. The molecule has 2 aliphatic rings. The minimum Gasteiger partial charge on any atom is -0.298 e. The van der Waals surface area contributed by atoms with Crippen LogP contribution in [0.15, 0.2) is 29.2 Å². The van der Waals surface area contributed by atoms with Crippen molar-refractivity contribution in [1.29, 1.82) is 0 Å². The lowest BCUT2D eigenvalue weighted by molar-refractivity contribution is -0.127. The molecule has 0 radical (unpaired) electrons. The highest BCUT2D eigenvalue weighted by Gasteiger charge is 2.61. The smallest absolute Gasteiger partial charge is 0.180 e. The maximum absolute atomic E-state index is 12.2. The van der Waals surface area contributed by atoms with Gasteiger partial charge in [-0.15, -0.1) is 0 Å². The van der Waals surface area contributed by atoms with Crippen molar-refractivity contribution in [3.05, 3.63) is 29.8 Å². The molecule has 5 nitrogen and oxygen atoms in total. The number of sulfone groups is 1. The van der Waals surface area contributed by atoms with Crippen molar-refractivity contribution in [3.63, 3.8) is 0 Å². The van der Waals surface area contributed by atoms with Gasteiger partial charge in [-0.05, 0) is 18.6 Å². The lowest BCUT2D eigenvalue weighted by Gasteiger charge is -2.09. The highest BCUT2D eigenvalue weighted by Crippen LogP contribution is 2.50. The summed E-state index contributed by atoms with van der Waals surface area (Å²) >= 11 is 0. The Morgan fingerprint density at radius 1 is 1.05 bits per heavy atom. The number of fused-ring (bicyclic) bond motifs is 1. The lowest BCUT2D eigenvalue weighted by Crippen LogP contribution is -2.28. The maximum atomic E-state index is 12.2. The average Bonchev–Trinajstić information content (AvgIpc) is 3.13. The Morgan fingerprint density at radius 2 is 1.55 bits per heavy atom. The van der Waals surface area contributed by atoms with E-state index in [0.29, 0.717) is 6.42 Å². The number of benzene rings is 1. The second-order valence-electron chi connectivity index (χ2n) is 5.35. The normalized spacial score (nSPS) is 28.4. The number of Topliss-reactive ketones (excluding diaryl/α,β-unsaturated/α-hetero) is 3. The van der Waals surface area contributed by atoms with Crippen molar-refractivity contribution in [1.82, 2.24) is 0 Å². The van der Waals surface area contributed by atoms with Crippen LogP contribution in [0.1, 0.15) is 16.8 Å². The van der Waals surface area contributed by atoms with Gasteiger partial charge in [0.25, 0.3) is 0 Å². The van der Waals surface area contributed by atoms with E-state index in [1.165, 1.54) is 24.3 Å². The Balaban J connectivity index is 1.88. The Morgan fingerprint density at radius 3 is 2.00 bits per heavy atom. The van der Waals surface area contributed by atoms with E-state index >= 15 is 0 Å². The molecule has 0 amide bonds. The van der Waals surface area contributed by atoms with Gasteiger partial charge in [0.1, 0.15) is 5.92 Å². The summed E-state index contributed by atoms with van der Waals surface area (Å²) in [5.74, 6) is -2.78. The molecule has 0 saturated heterocycles. The molecule has 2 fully saturated rings. The Hall–Kier alpha value is -1.82. The quantitative estimate of drug-likeness (QED) is 0.604. The van der Waals surface area contributed by atoms with Crippen LogP contribution in [0.5, 0.6) is 0 Å². The molecule has 3 rings (SSSR count). The van der Waals surface area contributed by atoms with Gasteiger partial charge in [0, 0.05) is 23.7 Å². The number of rotatable bonds is 3. The summed E-state index contributed by atoms with van der Waals surface area (Å²) in [7, 11) is -3.33. The Bertz CT molecular complexity index is 709. The van der Waals surface area contributed by atoms with E-state index in [9.17, 15) is 22.8 Å². The summed E-state index contributed by atoms with van der Waals surface area (Å²) in [5, 5.41) is 0. The molecule has 6 heteroatoms. The summed E-state index contributed by atoms with van der Waals surface area (Å²) in [4.78, 5) is 36.0. The largest absolute Gasteiger partial charge is 0.298 e. The van der Waals surface area contributed by atoms with Crippen LogP contribution < -0.4 is 0 Å². The fourth-order valence-electron chi connectivity index (χ4n) is 2.68. The topological polar surface area (TPSA) is 85.3 Å². The SMILES string of the molecule is CS(=O)(=O)c1ccc(C(=O)C2C(=O)C3CC3C2=O)cc1. The van der Waals surface area contributed by atoms with Gasteiger partial charge in [-0.25, -0.2) is 8.42 Å². The molecule has 0 spiro atoms. The van der Waals surface area contributed by atoms with Crippen LogP contribution in [-0.2, 0) is 19.4 Å². The van der Waals surface area contributed by atoms with Gasteiger partial charge in [0.2, 0.25) is 0 Å². The number of carbonyl (C=O) groups excluding carboxylic acids is 3. The van der Waals surface area contributed by atoms with Gasteiger partial charge in [0.05, 0.1) is 4.90 Å². The molecule has 20 heavy (non-hydrogen) atoms. The molecule has 0 aliphatic heterocycles. The molecule has 2 saturated carbocycles. The Labute approximate surface area is 115 Å². The fourth-order valence-corrected chi connectivity index (χ4v) is 3.31. The fraction of sp³-hybridized carbons (Fsp3) is 0.357. The molecule has 0 bridgehead atoms. The Kier molecular flexibility index (Phi) is 2.69. The third kappa shape index (κ3) is 1.91. The van der Waals surface area contributed by atoms with Crippen molar-refractivity contribution in [2.45, 2.75) is 11.3 Å². The first-order chi connectivity index (χ1) is 9.30. The minimum atomic E-state index is -3.33. The van der Waals surface area contributed by atoms with E-state index in [4.69, 9.17) is 0 Å². The number of hydrogen-bond acceptors (Lipinski definition) is 5. The van der Waals surface area contributed by atoms with E-state index in [1.807, 2.05) is 0 Å². The molecule has 2 atom stereocenters. The van der Waals surface area contributed by atoms with Crippen LogP contribution in [0.25, 0.3) is 0 Å². The molecule has 0 N–H and O–H groups in total. The third-order valence-electron chi connectivity index (χ3n) is 3.92. The highest BCUT2D eigenvalue weighted by molar-refractivity contribution is 7.90. The summed E-state index contributed by atoms with van der Waals surface area (Å²) in [6, 6.07) is 5.33. The van der Waals surface area contributed by atoms with Gasteiger partial charge < -0.3 is 0 Å². The van der Waals surface area contributed by atoms with Crippen LogP contribution in [0.4, 0.5) is 0 Å². The second kappa shape index (κ2) is 4.09. The highest BCUT2D eigenvalue weighted by atomic mass is 32.2. The third-order valence-corrected chi connectivity index (χ3v) is 5.05. The predicted octanol–water partition coefficient (Wildman–Crippen LogP) is 0.677. The van der Waals surface area contributed by atoms with Crippen LogP contribution >= 0.6 is 0 Å². The first-order valence-electron chi connectivity index (χ1n) is 6.22. The summed E-state index contributed by atoms with van der Waals surface area (Å²) in [6.07, 6.45) is 1.65. The van der Waals surface area contributed by atoms with Gasteiger partial charge >= 0.3 is 0 Å². The van der Waals surface area contributed by atoms with E-state index in [2.05, 4.69) is 0 Å². The van der Waals surface area contributed by atoms with E-state index in [0.717, 1.165) is 6.26 Å². The lowest BCUT2D eigenvalue weighted by atomic mass is 9.91. The van der Waals surface area contributed by atoms with Crippen LogP contribution in [0.2, 0.25) is 0 Å². The summed E-state index contributed by atoms with van der Waals surface area (Å²) < 4.78 is 22.7. The monoisotopic (exact) mass is 292 g/mol. The van der Waals surface area contributed by atoms with Crippen LogP contribution in [-0.4, -0.2) is 32.0 Å². The van der Waals surface area contributed by atoms with E-state index in [1.54, 1.807) is 0 Å². The first kappa shape index (κ1) is 13.2. The van der Waals surface area contributed by atoms with Crippen molar-refractivity contribution in [3.8, 4) is 0 Å². The molecular weight excluding hydrogens is 280 g/mol. The zero-order valence-corrected chi connectivity index (χ0v) is 11.5. The van der Waals surface area contributed by atoms with E-state index < -0.39 is 21.5 Å². The van der Waals surface area contributed by atoms with Crippen LogP contribution in [0.3, 0.4) is 0 Å². The second-order valence-corrected chi connectivity index (χ2v) is 7.36. The molecule has 0 aromatic heterocycles. The minimum absolute atomic E-state index is 0.0981. The average molecular weight is 292 g/mol. The molecular formula is C14H12O5S. The molecule has 2 unspecified atom stereocenters. The zero-order valence-electron chi connectivity index (χ0n) is 10.7. The molecule has 0 heterocycles. The van der Waals surface area contributed by atoms with E-state index in [-0.39, 0.29) is 33.9 Å². The van der Waals surface area contributed by atoms with Crippen molar-refractivity contribution in [2.24, 2.45) is 17.8 Å². The summed E-state index contributed by atoms with van der Waals surface area (Å²) in [6.45, 7) is 0. The number of hydrogen-bond donors (Lipinski definition) is 0. The summed E-state index contributed by atoms with van der Waals surface area (Å²) in [5.41, 5.74) is 0.199. The van der Waals surface area contributed by atoms with Gasteiger partial charge in [0.15, 0.2) is 27.2 Å². The standard InChI is InChI=1S/C14H12O5S/c1-20(18,19)8-4-2-7(3-5-8)12(15)11-13(16)9-6-10(9)14(11)17/h2-5,9-11H,6H2,1H3. The van der Waals surface area contributed by atoms with Crippen molar-refractivity contribution >= 4 is 27.2 Å².